The summed E-state index contributed by atoms with van der Waals surface area (Å²) in [6, 6.07) is 3.59. The van der Waals surface area contributed by atoms with Gasteiger partial charge in [0, 0.05) is 6.07 Å². The molecule has 0 aliphatic carbocycles. The van der Waals surface area contributed by atoms with Gasteiger partial charge in [-0.2, -0.15) is 0 Å². The molecule has 0 fully saturated rings. The average Bonchev–Trinajstić information content (AvgIpc) is 2.09. The Labute approximate surface area is 88.6 Å². The van der Waals surface area contributed by atoms with Crippen molar-refractivity contribution >= 4 is 23.9 Å². The van der Waals surface area contributed by atoms with E-state index in [4.69, 9.17) is 21.8 Å². The zero-order valence-electron chi connectivity index (χ0n) is 7.14. The number of halogens is 1. The van der Waals surface area contributed by atoms with Crippen molar-refractivity contribution in [3.8, 4) is 11.5 Å². The number of carbonyl (C=O) groups is 2. The third kappa shape index (κ3) is 3.35. The Bertz CT molecular complexity index is 402. The lowest BCUT2D eigenvalue weighted by Crippen LogP contribution is -2.05. The molecule has 0 aliphatic rings. The first kappa shape index (κ1) is 11.1. The number of rotatable bonds is 2. The van der Waals surface area contributed by atoms with Crippen LogP contribution in [-0.4, -0.2) is 22.5 Å². The molecule has 7 heteroatoms. The largest absolute Gasteiger partial charge is 0.511 e. The first-order valence-electron chi connectivity index (χ1n) is 3.60. The Morgan fingerprint density at radius 3 is 2.27 bits per heavy atom. The van der Waals surface area contributed by atoms with Gasteiger partial charge in [-0.15, -0.1) is 0 Å². The van der Waals surface area contributed by atoms with E-state index in [1.807, 2.05) is 0 Å². The number of benzene rings is 1. The zero-order chi connectivity index (χ0) is 11.4. The topological polar surface area (TPSA) is 93.1 Å². The molecule has 0 amide bonds. The maximum absolute atomic E-state index is 10.2. The first-order valence-corrected chi connectivity index (χ1v) is 3.98. The Kier molecular flexibility index (Phi) is 3.35. The lowest BCUT2D eigenvalue weighted by atomic mass is 10.3. The van der Waals surface area contributed by atoms with Crippen LogP contribution in [-0.2, 0) is 0 Å². The molecule has 0 atom stereocenters. The highest BCUT2D eigenvalue weighted by Crippen LogP contribution is 2.29. The van der Waals surface area contributed by atoms with Crippen LogP contribution in [0.25, 0.3) is 0 Å². The molecule has 1 rings (SSSR count). The van der Waals surface area contributed by atoms with Gasteiger partial charge in [-0.05, 0) is 12.1 Å². The molecule has 15 heavy (non-hydrogen) atoms. The maximum Gasteiger partial charge on any atom is 0.511 e. The van der Waals surface area contributed by atoms with E-state index in [2.05, 4.69) is 9.47 Å². The fraction of sp³-hybridized carbons (Fsp3) is 0. The summed E-state index contributed by atoms with van der Waals surface area (Å²) in [5.74, 6) is -0.272. The summed E-state index contributed by atoms with van der Waals surface area (Å²) in [6.45, 7) is 0. The average molecular weight is 233 g/mol. The Hall–Kier alpha value is -1.95. The van der Waals surface area contributed by atoms with Gasteiger partial charge in [0.05, 0.1) is 5.02 Å². The maximum atomic E-state index is 10.2. The molecule has 80 valence electrons. The molecule has 0 radical (unpaired) electrons. The summed E-state index contributed by atoms with van der Waals surface area (Å²) in [7, 11) is 0. The van der Waals surface area contributed by atoms with Crippen LogP contribution in [0.3, 0.4) is 0 Å². The van der Waals surface area contributed by atoms with Crippen LogP contribution in [0.4, 0.5) is 9.59 Å². The highest BCUT2D eigenvalue weighted by atomic mass is 35.5. The van der Waals surface area contributed by atoms with Crippen molar-refractivity contribution in [2.45, 2.75) is 0 Å². The number of ether oxygens (including phenoxy) is 2. The minimum Gasteiger partial charge on any atom is -0.449 e. The minimum absolute atomic E-state index is 0.0372. The second-order valence-electron chi connectivity index (χ2n) is 2.33. The summed E-state index contributed by atoms with van der Waals surface area (Å²) in [4.78, 5) is 20.4. The minimum atomic E-state index is -1.55. The second-order valence-corrected chi connectivity index (χ2v) is 2.74. The monoisotopic (exact) mass is 232 g/mol. The van der Waals surface area contributed by atoms with Gasteiger partial charge < -0.3 is 19.7 Å². The van der Waals surface area contributed by atoms with E-state index >= 15 is 0 Å². The number of hydrogen-bond acceptors (Lipinski definition) is 4. The fourth-order valence-corrected chi connectivity index (χ4v) is 0.976. The van der Waals surface area contributed by atoms with E-state index in [9.17, 15) is 9.59 Å². The molecule has 2 N–H and O–H groups in total. The fourth-order valence-electron chi connectivity index (χ4n) is 0.820. The molecule has 0 aromatic heterocycles. The molecule has 6 nitrogen and oxygen atoms in total. The summed E-state index contributed by atoms with van der Waals surface area (Å²) in [6.07, 6.45) is -3.07. The number of hydrogen-bond donors (Lipinski definition) is 2. The third-order valence-electron chi connectivity index (χ3n) is 1.31. The molecule has 1 aromatic rings. The van der Waals surface area contributed by atoms with Crippen molar-refractivity contribution in [3.63, 3.8) is 0 Å². The summed E-state index contributed by atoms with van der Waals surface area (Å²) in [5.41, 5.74) is 0. The lowest BCUT2D eigenvalue weighted by molar-refractivity contribution is 0.143. The van der Waals surface area contributed by atoms with Gasteiger partial charge in [-0.1, -0.05) is 11.6 Å². The van der Waals surface area contributed by atoms with Crippen molar-refractivity contribution in [2.24, 2.45) is 0 Å². The van der Waals surface area contributed by atoms with Crippen LogP contribution in [0.5, 0.6) is 11.5 Å². The summed E-state index contributed by atoms with van der Waals surface area (Å²) < 4.78 is 8.56. The highest BCUT2D eigenvalue weighted by Gasteiger charge is 2.09. The first-order chi connectivity index (χ1) is 6.99. The molecule has 0 saturated heterocycles. The molecule has 0 spiro atoms. The SMILES string of the molecule is O=C(O)Oc1ccc(Cl)c(OC(=O)O)c1. The quantitative estimate of drug-likeness (QED) is 0.601. The van der Waals surface area contributed by atoms with E-state index in [1.165, 1.54) is 12.1 Å². The highest BCUT2D eigenvalue weighted by molar-refractivity contribution is 6.32. The van der Waals surface area contributed by atoms with Gasteiger partial charge in [0.2, 0.25) is 0 Å². The van der Waals surface area contributed by atoms with Crippen LogP contribution in [0.1, 0.15) is 0 Å². The van der Waals surface area contributed by atoms with Crippen molar-refractivity contribution in [2.75, 3.05) is 0 Å². The smallest absolute Gasteiger partial charge is 0.449 e. The molecule has 0 unspecified atom stereocenters. The molecule has 0 saturated carbocycles. The second kappa shape index (κ2) is 4.52. The van der Waals surface area contributed by atoms with Gasteiger partial charge in [0.25, 0.3) is 0 Å². The lowest BCUT2D eigenvalue weighted by Gasteiger charge is -2.04. The van der Waals surface area contributed by atoms with Gasteiger partial charge in [-0.3, -0.25) is 0 Å². The van der Waals surface area contributed by atoms with Gasteiger partial charge in [0.1, 0.15) is 5.75 Å². The van der Waals surface area contributed by atoms with Crippen LogP contribution >= 0.6 is 11.6 Å². The van der Waals surface area contributed by atoms with Crippen LogP contribution < -0.4 is 9.47 Å². The Morgan fingerprint density at radius 1 is 1.13 bits per heavy atom. The van der Waals surface area contributed by atoms with Gasteiger partial charge >= 0.3 is 12.3 Å². The van der Waals surface area contributed by atoms with Crippen LogP contribution in [0.15, 0.2) is 18.2 Å². The van der Waals surface area contributed by atoms with Crippen LogP contribution in [0, 0.1) is 0 Å². The molecule has 0 bridgehead atoms. The van der Waals surface area contributed by atoms with Crippen molar-refractivity contribution in [1.82, 2.24) is 0 Å². The summed E-state index contributed by atoms with van der Waals surface area (Å²) in [5, 5.41) is 16.7. The zero-order valence-corrected chi connectivity index (χ0v) is 7.89. The van der Waals surface area contributed by atoms with Gasteiger partial charge in [-0.25, -0.2) is 9.59 Å². The Morgan fingerprint density at radius 2 is 1.73 bits per heavy atom. The van der Waals surface area contributed by atoms with Crippen molar-refractivity contribution in [1.29, 1.82) is 0 Å². The predicted octanol–water partition coefficient (Wildman–Crippen LogP) is 2.45. The molecule has 0 aliphatic heterocycles. The van der Waals surface area contributed by atoms with E-state index in [0.29, 0.717) is 0 Å². The summed E-state index contributed by atoms with van der Waals surface area (Å²) >= 11 is 5.59. The van der Waals surface area contributed by atoms with Gasteiger partial charge in [0.15, 0.2) is 5.75 Å². The molecule has 0 heterocycles. The Balaban J connectivity index is 2.94. The molecular weight excluding hydrogens is 228 g/mol. The third-order valence-corrected chi connectivity index (χ3v) is 1.62. The van der Waals surface area contributed by atoms with Crippen molar-refractivity contribution < 1.29 is 29.3 Å². The van der Waals surface area contributed by atoms with E-state index in [-0.39, 0.29) is 16.5 Å². The van der Waals surface area contributed by atoms with Crippen molar-refractivity contribution in [3.05, 3.63) is 23.2 Å². The molecular formula is C8H5ClO6. The molecule has 1 aromatic carbocycles. The normalized spacial score (nSPS) is 9.40. The standard InChI is InChI=1S/C8H5ClO6/c9-5-2-1-4(14-7(10)11)3-6(5)15-8(12)13/h1-3H,(H,10,11)(H,12,13). The van der Waals surface area contributed by atoms with Crippen LogP contribution in [0.2, 0.25) is 5.02 Å². The van der Waals surface area contributed by atoms with E-state index in [0.717, 1.165) is 6.07 Å². The number of carboxylic acid groups (broad SMARTS) is 2. The predicted molar refractivity (Wildman–Crippen MR) is 48.8 cm³/mol. The van der Waals surface area contributed by atoms with E-state index < -0.39 is 12.3 Å². The van der Waals surface area contributed by atoms with E-state index in [1.54, 1.807) is 0 Å².